The molecular formula is C39H33NOP+. The molecule has 0 saturated carbocycles. The van der Waals surface area contributed by atoms with Gasteiger partial charge in [0, 0.05) is 0 Å². The minimum Gasteiger partial charge on any atom is -0.318 e. The van der Waals surface area contributed by atoms with Crippen molar-refractivity contribution in [1.82, 2.24) is 0 Å². The highest BCUT2D eigenvalue weighted by Crippen LogP contribution is 2.58. The smallest absolute Gasteiger partial charge is 0.289 e. The van der Waals surface area contributed by atoms with Crippen LogP contribution in [-0.4, -0.2) is 5.90 Å². The molecule has 0 aliphatic carbocycles. The number of hydrogen-bond acceptors (Lipinski definition) is 2. The second-order valence-electron chi connectivity index (χ2n) is 10.2. The molecule has 0 aliphatic rings. The van der Waals surface area contributed by atoms with Crippen molar-refractivity contribution in [2.45, 2.75) is 12.8 Å². The molecule has 0 spiro atoms. The van der Waals surface area contributed by atoms with Gasteiger partial charge in [0.2, 0.25) is 0 Å². The van der Waals surface area contributed by atoms with E-state index in [0.717, 1.165) is 38.3 Å². The van der Waals surface area contributed by atoms with E-state index in [2.05, 4.69) is 177 Å². The lowest BCUT2D eigenvalue weighted by atomic mass is 9.91. The van der Waals surface area contributed by atoms with Crippen molar-refractivity contribution in [2.24, 2.45) is 4.99 Å². The summed E-state index contributed by atoms with van der Waals surface area (Å²) in [5, 5.41) is 3.42. The molecule has 42 heavy (non-hydrogen) atoms. The topological polar surface area (TPSA) is 21.6 Å². The summed E-state index contributed by atoms with van der Waals surface area (Å²) >= 11 is 0. The first-order chi connectivity index (χ1) is 20.8. The molecule has 0 radical (unpaired) electrons. The normalized spacial score (nSPS) is 11.8. The molecule has 2 nitrogen and oxygen atoms in total. The van der Waals surface area contributed by atoms with Crippen LogP contribution in [0.1, 0.15) is 22.6 Å². The highest BCUT2D eigenvalue weighted by Gasteiger charge is 2.51. The number of aryl methyl sites for hydroxylation is 1. The Hall–Kier alpha value is -4.78. The van der Waals surface area contributed by atoms with Crippen LogP contribution in [0.5, 0.6) is 0 Å². The Labute approximate surface area is 249 Å². The van der Waals surface area contributed by atoms with E-state index in [1.807, 2.05) is 6.07 Å². The van der Waals surface area contributed by atoms with Gasteiger partial charge >= 0.3 is 0 Å². The van der Waals surface area contributed by atoms with Crippen molar-refractivity contribution in [3.8, 4) is 0 Å². The van der Waals surface area contributed by atoms with Crippen LogP contribution in [0.3, 0.4) is 0 Å². The Morgan fingerprint density at radius 2 is 0.833 bits per heavy atom. The van der Waals surface area contributed by atoms with Crippen LogP contribution in [0.15, 0.2) is 181 Å². The van der Waals surface area contributed by atoms with Crippen LogP contribution in [0.4, 0.5) is 5.69 Å². The summed E-state index contributed by atoms with van der Waals surface area (Å²) in [6, 6.07) is 61.4. The molecule has 0 aromatic heterocycles. The van der Waals surface area contributed by atoms with Crippen LogP contribution >= 0.6 is 7.49 Å². The molecule has 0 amide bonds. The number of rotatable bonds is 8. The van der Waals surface area contributed by atoms with E-state index in [1.54, 1.807) is 0 Å². The van der Waals surface area contributed by atoms with E-state index in [4.69, 9.17) is 9.52 Å². The van der Waals surface area contributed by atoms with Crippen LogP contribution in [-0.2, 0) is 4.52 Å². The van der Waals surface area contributed by atoms with Gasteiger partial charge in [-0.1, -0.05) is 133 Å². The van der Waals surface area contributed by atoms with Gasteiger partial charge in [0.05, 0.1) is 11.6 Å². The largest absolute Gasteiger partial charge is 0.318 e. The van der Waals surface area contributed by atoms with Gasteiger partial charge in [-0.3, -0.25) is 0 Å². The quantitative estimate of drug-likeness (QED) is 0.103. The number of aliphatic imine (C=N–C) groups is 1. The second-order valence-corrected chi connectivity index (χ2v) is 13.1. The first-order valence-corrected chi connectivity index (χ1v) is 16.0. The molecule has 0 aliphatic heterocycles. The third-order valence-corrected chi connectivity index (χ3v) is 11.0. The van der Waals surface area contributed by atoms with Gasteiger partial charge in [0.25, 0.3) is 13.4 Å². The SMILES string of the molecule is Cc1ccccc1N=C(O[P+](c1ccccc1)(c1ccccc1)c1ccccc1)C(c1ccccc1)c1ccccc1. The van der Waals surface area contributed by atoms with E-state index < -0.39 is 7.49 Å². The molecule has 6 aromatic carbocycles. The lowest BCUT2D eigenvalue weighted by Crippen LogP contribution is -2.35. The molecule has 6 aromatic rings. The van der Waals surface area contributed by atoms with Crippen molar-refractivity contribution >= 4 is 35.0 Å². The molecule has 204 valence electrons. The Balaban J connectivity index is 1.67. The molecule has 3 heteroatoms. The van der Waals surface area contributed by atoms with Gasteiger partial charge < -0.3 is 4.52 Å². The Morgan fingerprint density at radius 1 is 0.476 bits per heavy atom. The van der Waals surface area contributed by atoms with Crippen LogP contribution in [0, 0.1) is 6.92 Å². The summed E-state index contributed by atoms with van der Waals surface area (Å²) in [4.78, 5) is 5.39. The molecule has 0 N–H and O–H groups in total. The van der Waals surface area contributed by atoms with E-state index in [0.29, 0.717) is 5.90 Å². The van der Waals surface area contributed by atoms with Crippen molar-refractivity contribution in [1.29, 1.82) is 0 Å². The fraction of sp³-hybridized carbons (Fsp3) is 0.0513. The third kappa shape index (κ3) is 5.68. The number of hydrogen-bond donors (Lipinski definition) is 0. The molecule has 0 bridgehead atoms. The van der Waals surface area contributed by atoms with Crippen LogP contribution < -0.4 is 15.9 Å². The zero-order valence-electron chi connectivity index (χ0n) is 23.6. The van der Waals surface area contributed by atoms with Crippen molar-refractivity contribution < 1.29 is 4.52 Å². The van der Waals surface area contributed by atoms with Gasteiger partial charge in [0.1, 0.15) is 15.9 Å². The molecular weight excluding hydrogens is 529 g/mol. The van der Waals surface area contributed by atoms with E-state index >= 15 is 0 Å². The summed E-state index contributed by atoms with van der Waals surface area (Å²) in [5.74, 6) is 0.453. The predicted octanol–water partition coefficient (Wildman–Crippen LogP) is 8.78. The van der Waals surface area contributed by atoms with Crippen LogP contribution in [0.25, 0.3) is 0 Å². The average Bonchev–Trinajstić information content (AvgIpc) is 3.07. The predicted molar refractivity (Wildman–Crippen MR) is 179 cm³/mol. The molecule has 0 saturated heterocycles. The highest BCUT2D eigenvalue weighted by atomic mass is 31.2. The van der Waals surface area contributed by atoms with Crippen molar-refractivity contribution in [3.63, 3.8) is 0 Å². The Morgan fingerprint density at radius 3 is 1.24 bits per heavy atom. The lowest BCUT2D eigenvalue weighted by molar-refractivity contribution is 0.587. The zero-order chi connectivity index (χ0) is 28.6. The Bertz CT molecular complexity index is 1600. The zero-order valence-corrected chi connectivity index (χ0v) is 24.5. The van der Waals surface area contributed by atoms with Crippen LogP contribution in [0.2, 0.25) is 0 Å². The van der Waals surface area contributed by atoms with Gasteiger partial charge in [-0.25, -0.2) is 4.99 Å². The fourth-order valence-corrected chi connectivity index (χ4v) is 8.79. The summed E-state index contributed by atoms with van der Waals surface area (Å²) in [5.41, 5.74) is 4.25. The number of nitrogens with zero attached hydrogens (tertiary/aromatic N) is 1. The molecule has 0 fully saturated rings. The summed E-state index contributed by atoms with van der Waals surface area (Å²) in [6.07, 6.45) is 0. The highest BCUT2D eigenvalue weighted by molar-refractivity contribution is 7.92. The molecule has 0 heterocycles. The minimum atomic E-state index is -2.69. The van der Waals surface area contributed by atoms with Gasteiger partial charge in [-0.2, -0.15) is 0 Å². The van der Waals surface area contributed by atoms with Gasteiger partial charge in [0.15, 0.2) is 0 Å². The van der Waals surface area contributed by atoms with Crippen molar-refractivity contribution in [3.05, 3.63) is 193 Å². The maximum atomic E-state index is 7.69. The summed E-state index contributed by atoms with van der Waals surface area (Å²) < 4.78 is 7.69. The summed E-state index contributed by atoms with van der Waals surface area (Å²) in [6.45, 7) is 2.10. The molecule has 0 unspecified atom stereocenters. The summed E-state index contributed by atoms with van der Waals surface area (Å²) in [7, 11) is -2.69. The number of benzene rings is 6. The first-order valence-electron chi connectivity index (χ1n) is 14.3. The number of para-hydroxylation sites is 1. The third-order valence-electron chi connectivity index (χ3n) is 7.45. The average molecular weight is 563 g/mol. The van der Waals surface area contributed by atoms with E-state index in [9.17, 15) is 0 Å². The first kappa shape index (κ1) is 27.4. The molecule has 6 rings (SSSR count). The Kier molecular flexibility index (Phi) is 8.36. The fourth-order valence-electron chi connectivity index (χ4n) is 5.37. The van der Waals surface area contributed by atoms with Gasteiger partial charge in [-0.05, 0) is 66.1 Å². The monoisotopic (exact) mass is 562 g/mol. The maximum absolute atomic E-state index is 7.69. The lowest BCUT2D eigenvalue weighted by Gasteiger charge is -2.29. The maximum Gasteiger partial charge on any atom is 0.289 e. The molecule has 0 atom stereocenters. The van der Waals surface area contributed by atoms with Gasteiger partial charge in [-0.15, -0.1) is 0 Å². The standard InChI is InChI=1S/C39H33NOP/c1-31-19-17-18-30-37(31)40-39(38(32-20-7-2-8-21-32)33-22-9-3-10-23-33)41-42(34-24-11-4-12-25-34,35-26-13-5-14-27-35)36-28-15-6-16-29-36/h2-30,38H,1H3/q+1. The minimum absolute atomic E-state index is 0.220. The van der Waals surface area contributed by atoms with E-state index in [1.165, 1.54) is 0 Å². The van der Waals surface area contributed by atoms with Crippen molar-refractivity contribution in [2.75, 3.05) is 0 Å². The van der Waals surface area contributed by atoms with E-state index in [-0.39, 0.29) is 5.92 Å². The second kappa shape index (κ2) is 12.8.